The molecule has 4 heteroatoms. The Hall–Kier alpha value is -2.91. The molecule has 0 saturated heterocycles. The summed E-state index contributed by atoms with van der Waals surface area (Å²) in [5, 5.41) is 0.616. The van der Waals surface area contributed by atoms with E-state index < -0.39 is 0 Å². The molecule has 3 aromatic rings. The van der Waals surface area contributed by atoms with Crippen LogP contribution in [0.2, 0.25) is 5.02 Å². The molecule has 3 aromatic carbocycles. The van der Waals surface area contributed by atoms with Crippen molar-refractivity contribution in [3.8, 4) is 11.5 Å². The van der Waals surface area contributed by atoms with Gasteiger partial charge in [-0.25, -0.2) is 0 Å². The van der Waals surface area contributed by atoms with Crippen LogP contribution in [0, 0.1) is 0 Å². The standard InChI is InChI=1S/C20H11ClO3/c21-12-5-7-13(8-6-12)24-14-9-10-17-18(11-14)20(23)16-4-2-1-3-15(16)19(17)22/h1-11H. The monoisotopic (exact) mass is 334 g/mol. The Bertz CT molecular complexity index is 974. The minimum atomic E-state index is -0.165. The molecule has 116 valence electrons. The maximum Gasteiger partial charge on any atom is 0.194 e. The van der Waals surface area contributed by atoms with Gasteiger partial charge >= 0.3 is 0 Å². The molecule has 0 unspecified atom stereocenters. The van der Waals surface area contributed by atoms with Crippen LogP contribution < -0.4 is 4.74 Å². The van der Waals surface area contributed by atoms with Crippen LogP contribution in [0.5, 0.6) is 11.5 Å². The van der Waals surface area contributed by atoms with E-state index >= 15 is 0 Å². The summed E-state index contributed by atoms with van der Waals surface area (Å²) in [5.74, 6) is 0.797. The van der Waals surface area contributed by atoms with Crippen molar-refractivity contribution in [2.45, 2.75) is 0 Å². The Balaban J connectivity index is 1.74. The second-order valence-electron chi connectivity index (χ2n) is 5.47. The molecule has 0 bridgehead atoms. The molecule has 0 saturated carbocycles. The average Bonchev–Trinajstić information content (AvgIpc) is 2.62. The highest BCUT2D eigenvalue weighted by Gasteiger charge is 2.29. The molecule has 4 rings (SSSR count). The lowest BCUT2D eigenvalue weighted by Gasteiger charge is -2.18. The topological polar surface area (TPSA) is 43.4 Å². The van der Waals surface area contributed by atoms with Crippen LogP contribution in [0.15, 0.2) is 66.7 Å². The fourth-order valence-corrected chi connectivity index (χ4v) is 2.91. The zero-order valence-corrected chi connectivity index (χ0v) is 13.2. The lowest BCUT2D eigenvalue weighted by Crippen LogP contribution is -2.20. The van der Waals surface area contributed by atoms with Gasteiger partial charge < -0.3 is 4.74 Å². The normalized spacial score (nSPS) is 12.5. The Morgan fingerprint density at radius 2 is 1.17 bits per heavy atom. The van der Waals surface area contributed by atoms with Crippen LogP contribution in [0.1, 0.15) is 31.8 Å². The summed E-state index contributed by atoms with van der Waals surface area (Å²) >= 11 is 5.85. The molecule has 0 heterocycles. The third-order valence-electron chi connectivity index (χ3n) is 3.95. The molecule has 0 aromatic heterocycles. The van der Waals surface area contributed by atoms with Crippen molar-refractivity contribution in [1.82, 2.24) is 0 Å². The SMILES string of the molecule is O=C1c2ccccc2C(=O)c2cc(Oc3ccc(Cl)cc3)ccc21. The van der Waals surface area contributed by atoms with Gasteiger partial charge in [-0.05, 0) is 42.5 Å². The Kier molecular flexibility index (Phi) is 3.44. The number of fused-ring (bicyclic) bond motifs is 2. The molecule has 24 heavy (non-hydrogen) atoms. The molecule has 1 aliphatic carbocycles. The van der Waals surface area contributed by atoms with Crippen molar-refractivity contribution >= 4 is 23.2 Å². The summed E-state index contributed by atoms with van der Waals surface area (Å²) in [6, 6.07) is 18.7. The van der Waals surface area contributed by atoms with Crippen molar-refractivity contribution in [2.75, 3.05) is 0 Å². The van der Waals surface area contributed by atoms with Gasteiger partial charge in [-0.2, -0.15) is 0 Å². The maximum atomic E-state index is 12.7. The maximum absolute atomic E-state index is 12.7. The van der Waals surface area contributed by atoms with E-state index in [0.717, 1.165) is 0 Å². The molecule has 0 atom stereocenters. The lowest BCUT2D eigenvalue weighted by atomic mass is 9.84. The van der Waals surface area contributed by atoms with E-state index in [2.05, 4.69) is 0 Å². The number of hydrogen-bond donors (Lipinski definition) is 0. The predicted octanol–water partition coefficient (Wildman–Crippen LogP) is 4.91. The van der Waals surface area contributed by atoms with Gasteiger partial charge in [-0.3, -0.25) is 9.59 Å². The van der Waals surface area contributed by atoms with E-state index in [0.29, 0.717) is 38.8 Å². The number of hydrogen-bond acceptors (Lipinski definition) is 3. The first kappa shape index (κ1) is 14.7. The molecular formula is C20H11ClO3. The van der Waals surface area contributed by atoms with Crippen molar-refractivity contribution in [1.29, 1.82) is 0 Å². The second kappa shape index (κ2) is 5.62. The molecule has 0 aliphatic heterocycles. The third-order valence-corrected chi connectivity index (χ3v) is 4.20. The van der Waals surface area contributed by atoms with Crippen LogP contribution in [-0.4, -0.2) is 11.6 Å². The van der Waals surface area contributed by atoms with Gasteiger partial charge in [0, 0.05) is 27.3 Å². The fourth-order valence-electron chi connectivity index (χ4n) is 2.78. The van der Waals surface area contributed by atoms with Gasteiger partial charge in [0.25, 0.3) is 0 Å². The summed E-state index contributed by atoms with van der Waals surface area (Å²) in [7, 11) is 0. The second-order valence-corrected chi connectivity index (χ2v) is 5.90. The van der Waals surface area contributed by atoms with E-state index in [1.807, 2.05) is 0 Å². The minimum Gasteiger partial charge on any atom is -0.457 e. The predicted molar refractivity (Wildman–Crippen MR) is 91.3 cm³/mol. The number of halogens is 1. The molecule has 0 fully saturated rings. The van der Waals surface area contributed by atoms with Gasteiger partial charge in [-0.1, -0.05) is 35.9 Å². The Morgan fingerprint density at radius 3 is 1.83 bits per heavy atom. The smallest absolute Gasteiger partial charge is 0.194 e. The van der Waals surface area contributed by atoms with Crippen LogP contribution in [0.3, 0.4) is 0 Å². The third kappa shape index (κ3) is 2.39. The number of ketones is 2. The van der Waals surface area contributed by atoms with Gasteiger partial charge in [-0.15, -0.1) is 0 Å². The quantitative estimate of drug-likeness (QED) is 0.523. The summed E-state index contributed by atoms with van der Waals surface area (Å²) in [6.07, 6.45) is 0. The first-order chi connectivity index (χ1) is 11.6. The number of benzene rings is 3. The average molecular weight is 335 g/mol. The number of carbonyl (C=O) groups is 2. The highest BCUT2D eigenvalue weighted by Crippen LogP contribution is 2.31. The zero-order chi connectivity index (χ0) is 16.7. The molecule has 0 radical (unpaired) electrons. The van der Waals surface area contributed by atoms with Crippen LogP contribution in [0.25, 0.3) is 0 Å². The van der Waals surface area contributed by atoms with Crippen molar-refractivity contribution < 1.29 is 14.3 Å². The fraction of sp³-hybridized carbons (Fsp3) is 0. The van der Waals surface area contributed by atoms with Gasteiger partial charge in [0.1, 0.15) is 11.5 Å². The first-order valence-electron chi connectivity index (χ1n) is 7.39. The molecular weight excluding hydrogens is 324 g/mol. The van der Waals surface area contributed by atoms with Crippen LogP contribution in [0.4, 0.5) is 0 Å². The van der Waals surface area contributed by atoms with Crippen LogP contribution in [-0.2, 0) is 0 Å². The Morgan fingerprint density at radius 1 is 0.625 bits per heavy atom. The Labute approximate surface area is 143 Å². The molecule has 1 aliphatic rings. The highest BCUT2D eigenvalue weighted by molar-refractivity contribution is 6.30. The van der Waals surface area contributed by atoms with E-state index in [1.54, 1.807) is 66.7 Å². The van der Waals surface area contributed by atoms with Crippen LogP contribution >= 0.6 is 11.6 Å². The largest absolute Gasteiger partial charge is 0.457 e. The van der Waals surface area contributed by atoms with Crippen molar-refractivity contribution in [3.05, 3.63) is 94.0 Å². The summed E-state index contributed by atoms with van der Waals surface area (Å²) in [6.45, 7) is 0. The van der Waals surface area contributed by atoms with E-state index in [9.17, 15) is 9.59 Å². The first-order valence-corrected chi connectivity index (χ1v) is 7.77. The van der Waals surface area contributed by atoms with Crippen molar-refractivity contribution in [2.24, 2.45) is 0 Å². The van der Waals surface area contributed by atoms with E-state index in [-0.39, 0.29) is 11.6 Å². The highest BCUT2D eigenvalue weighted by atomic mass is 35.5. The lowest BCUT2D eigenvalue weighted by molar-refractivity contribution is 0.0979. The number of ether oxygens (including phenoxy) is 1. The molecule has 0 spiro atoms. The van der Waals surface area contributed by atoms with Crippen molar-refractivity contribution in [3.63, 3.8) is 0 Å². The molecule has 0 amide bonds. The van der Waals surface area contributed by atoms with Gasteiger partial charge in [0.15, 0.2) is 11.6 Å². The zero-order valence-electron chi connectivity index (χ0n) is 12.5. The van der Waals surface area contributed by atoms with Gasteiger partial charge in [0.05, 0.1) is 0 Å². The summed E-state index contributed by atoms with van der Waals surface area (Å²) in [5.41, 5.74) is 1.65. The summed E-state index contributed by atoms with van der Waals surface area (Å²) in [4.78, 5) is 25.2. The molecule has 0 N–H and O–H groups in total. The summed E-state index contributed by atoms with van der Waals surface area (Å²) < 4.78 is 5.75. The minimum absolute atomic E-state index is 0.141. The van der Waals surface area contributed by atoms with E-state index in [4.69, 9.17) is 16.3 Å². The van der Waals surface area contributed by atoms with Gasteiger partial charge in [0.2, 0.25) is 0 Å². The van der Waals surface area contributed by atoms with E-state index in [1.165, 1.54) is 0 Å². The number of carbonyl (C=O) groups excluding carboxylic acids is 2. The number of rotatable bonds is 2. The molecule has 3 nitrogen and oxygen atoms in total.